The Bertz CT molecular complexity index is 5940. The van der Waals surface area contributed by atoms with Crippen LogP contribution in [0.15, 0.2) is 278 Å². The van der Waals surface area contributed by atoms with E-state index in [1.54, 1.807) is 123 Å². The van der Waals surface area contributed by atoms with Gasteiger partial charge in [0.15, 0.2) is 67.2 Å². The van der Waals surface area contributed by atoms with Gasteiger partial charge in [-0.1, -0.05) is 203 Å². The zero-order chi connectivity index (χ0) is 92.3. The molecule has 0 radical (unpaired) electrons. The summed E-state index contributed by atoms with van der Waals surface area (Å²) >= 11 is 3.30. The predicted molar refractivity (Wildman–Crippen MR) is 477 cm³/mol. The lowest BCUT2D eigenvalue weighted by Crippen LogP contribution is -2.14. The minimum Gasteiger partial charge on any atom is -0.493 e. The van der Waals surface area contributed by atoms with Gasteiger partial charge in [0.25, 0.3) is 53.2 Å². The van der Waals surface area contributed by atoms with Gasteiger partial charge in [0.1, 0.15) is 5.75 Å². The molecule has 9 N–H and O–H groups in total. The lowest BCUT2D eigenvalue weighted by Gasteiger charge is -1.99. The van der Waals surface area contributed by atoms with Gasteiger partial charge in [-0.25, -0.2) is 0 Å². The summed E-state index contributed by atoms with van der Waals surface area (Å²) in [6.45, 7) is 8.37. The Morgan fingerprint density at radius 1 is 0.341 bits per heavy atom. The van der Waals surface area contributed by atoms with Crippen LogP contribution in [0.5, 0.6) is 17.2 Å². The van der Waals surface area contributed by atoms with Crippen LogP contribution in [0.25, 0.3) is 58.9 Å². The van der Waals surface area contributed by atoms with E-state index in [4.69, 9.17) is 61.6 Å². The first-order valence-corrected chi connectivity index (χ1v) is 37.7. The van der Waals surface area contributed by atoms with Crippen molar-refractivity contribution < 1.29 is 57.4 Å². The Hall–Kier alpha value is -18.6. The standard InChI is InChI=1S/C14H10N2O.C12H10N2O2.C11H8N2O3.3C11H10N2O.C10H7BrN2O.C10H8N2O.C5H6N2O/c15-10-16-14(17)8-6-11-5-7-12-3-1-2-4-13(12)9-11;13-8-14-12(15)4-2-9-1-3-11-10(7-9)5-6-16-11;12-6-13-10(14)5-4-8-2-1-3-9-11(8)16-7-15-9;1-9-3-2-4-10(7-9)5-6-11(14)13-8-12;1-9-4-2-3-5-10(9)6-7-11(14)13-8-12;1-9(7-11(14)13-8-12)10-5-3-2-4-6-10;11-9-4-1-8(2-5-9)3-6-10(14)13-7-12;11-8-12-10(13)7-6-9-4-2-1-3-5-9;1-2-3-5(8)7-4-6/h1-9H,(H,16,17);1-4,7H,5-6H2,(H,14,15);1-5H,7H2,(H,13,14);3*2-7H,1H3,(H,13,14);1-6H,(H,13,14);1-7H,(H,12,13);2-3H,1H3,(H,7,8)/b8-6-;4-2-;5-4-;6-5-;7-6-;9-7-;6-3-;7-6-;3-2-. The lowest BCUT2D eigenvalue weighted by molar-refractivity contribution is -0.116. The second-order valence-corrected chi connectivity index (χ2v) is 25.2. The third kappa shape index (κ3) is 44.7. The number of nitriles is 9. The third-order valence-electron chi connectivity index (χ3n) is 15.3. The van der Waals surface area contributed by atoms with Crippen LogP contribution in [-0.4, -0.2) is 66.6 Å². The molecule has 0 saturated heterocycles. The number of halogens is 1. The van der Waals surface area contributed by atoms with Gasteiger partial charge in [0, 0.05) is 65.1 Å². The Labute approximate surface area is 735 Å². The van der Waals surface area contributed by atoms with Crippen molar-refractivity contribution in [2.24, 2.45) is 0 Å². The number of aryl methyl sites for hydroxylation is 2. The molecular formula is C95H79BrN18O12. The summed E-state index contributed by atoms with van der Waals surface area (Å²) < 4.78 is 16.8. The van der Waals surface area contributed by atoms with Crippen LogP contribution in [0.1, 0.15) is 75.0 Å². The molecule has 0 spiro atoms. The van der Waals surface area contributed by atoms with E-state index in [9.17, 15) is 43.2 Å². The van der Waals surface area contributed by atoms with Gasteiger partial charge in [-0.2, -0.15) is 47.4 Å². The molecule has 0 unspecified atom stereocenters. The fourth-order valence-corrected chi connectivity index (χ4v) is 9.84. The van der Waals surface area contributed by atoms with Gasteiger partial charge in [0.2, 0.25) is 6.79 Å². The smallest absolute Gasteiger partial charge is 0.257 e. The molecule has 2 aliphatic rings. The molecule has 0 bridgehead atoms. The number of hydrogen-bond acceptors (Lipinski definition) is 21. The topological polar surface area (TPSA) is 504 Å². The van der Waals surface area contributed by atoms with Crippen LogP contribution in [0.4, 0.5) is 0 Å². The van der Waals surface area contributed by atoms with Crippen LogP contribution in [0.2, 0.25) is 0 Å². The van der Waals surface area contributed by atoms with Crippen molar-refractivity contribution >= 4 is 128 Å². The molecule has 30 nitrogen and oxygen atoms in total. The van der Waals surface area contributed by atoms with Gasteiger partial charge < -0.3 is 14.2 Å². The number of carbonyl (C=O) groups excluding carboxylic acids is 9. The molecule has 0 aromatic heterocycles. The Balaban J connectivity index is 0.000000368. The average Bonchev–Trinajstić information content (AvgIpc) is 1.61. The first kappa shape index (κ1) is 102. The summed E-state index contributed by atoms with van der Waals surface area (Å²) in [7, 11) is 0. The summed E-state index contributed by atoms with van der Waals surface area (Å²) in [6, 6.07) is 66.9. The fourth-order valence-electron chi connectivity index (χ4n) is 9.58. The van der Waals surface area contributed by atoms with E-state index in [1.165, 1.54) is 60.9 Å². The van der Waals surface area contributed by atoms with Gasteiger partial charge in [-0.3, -0.25) is 91.0 Å². The largest absolute Gasteiger partial charge is 0.493 e. The number of carbonyl (C=O) groups is 9. The SMILES string of the molecule is C/C(=C/C(=O)NC#N)c1ccccc1.C/C=C\C(=O)NC#N.Cc1cccc(/C=C\C(=O)NC#N)c1.Cc1ccccc1/C=C\C(=O)NC#N.N#CNC(=O)/C=C\c1ccc(Br)cc1.N#CNC(=O)/C=C\c1ccc2c(c1)CCO2.N#CNC(=O)/C=C\c1ccc2ccccc2c1.N#CNC(=O)/C=C\c1cccc2c1OCO2.N#CNC(=O)/C=C\c1ccccc1. The third-order valence-corrected chi connectivity index (χ3v) is 15.8. The van der Waals surface area contributed by atoms with Crippen molar-refractivity contribution in [2.45, 2.75) is 34.1 Å². The first-order chi connectivity index (χ1) is 60.9. The van der Waals surface area contributed by atoms with Crippen molar-refractivity contribution in [3.8, 4) is 73.0 Å². The summed E-state index contributed by atoms with van der Waals surface area (Å²) in [5.74, 6) is -1.54. The second kappa shape index (κ2) is 61.7. The number of amides is 9. The van der Waals surface area contributed by atoms with Gasteiger partial charge >= 0.3 is 0 Å². The molecule has 9 aromatic carbocycles. The normalized spacial score (nSPS) is 10.5. The Kier molecular flexibility index (Phi) is 49.8. The van der Waals surface area contributed by atoms with E-state index in [0.29, 0.717) is 11.5 Å². The molecule has 0 saturated carbocycles. The minimum absolute atomic E-state index is 0.185. The number of rotatable bonds is 17. The number of allylic oxidation sites excluding steroid dienone is 2. The molecule has 2 aliphatic heterocycles. The highest BCUT2D eigenvalue weighted by molar-refractivity contribution is 9.10. The van der Waals surface area contributed by atoms with Gasteiger partial charge in [-0.15, -0.1) is 0 Å². The molecule has 11 rings (SSSR count). The fraction of sp³-hybridized carbons (Fsp3) is 0.0737. The highest BCUT2D eigenvalue weighted by Crippen LogP contribution is 2.36. The molecule has 0 atom stereocenters. The van der Waals surface area contributed by atoms with Crippen LogP contribution < -0.4 is 62.1 Å². The predicted octanol–water partition coefficient (Wildman–Crippen LogP) is 13.1. The maximum Gasteiger partial charge on any atom is 0.257 e. The average molecular weight is 1740 g/mol. The van der Waals surface area contributed by atoms with Crippen molar-refractivity contribution in [1.29, 1.82) is 47.4 Å². The number of para-hydroxylation sites is 1. The van der Waals surface area contributed by atoms with Crippen molar-refractivity contribution in [3.63, 3.8) is 0 Å². The second-order valence-electron chi connectivity index (χ2n) is 24.3. The van der Waals surface area contributed by atoms with E-state index in [1.807, 2.05) is 263 Å². The quantitative estimate of drug-likeness (QED) is 0.0232. The molecule has 9 amide bonds. The number of fused-ring (bicyclic) bond motifs is 3. The summed E-state index contributed by atoms with van der Waals surface area (Å²) in [4.78, 5) is 97.8. The Morgan fingerprint density at radius 3 is 1.21 bits per heavy atom. The monoisotopic (exact) mass is 1740 g/mol. The summed E-state index contributed by atoms with van der Waals surface area (Å²) in [5.41, 5.74) is 11.5. The molecule has 0 fully saturated rings. The molecule has 628 valence electrons. The van der Waals surface area contributed by atoms with Crippen LogP contribution in [0, 0.1) is 117 Å². The lowest BCUT2D eigenvalue weighted by atomic mass is 10.1. The van der Waals surface area contributed by atoms with Crippen molar-refractivity contribution in [2.75, 3.05) is 13.4 Å². The van der Waals surface area contributed by atoms with Crippen molar-refractivity contribution in [1.82, 2.24) is 47.9 Å². The molecule has 31 heteroatoms. The highest BCUT2D eigenvalue weighted by atomic mass is 79.9. The van der Waals surface area contributed by atoms with E-state index < -0.39 is 47.3 Å². The van der Waals surface area contributed by atoms with E-state index in [0.717, 1.165) is 101 Å². The van der Waals surface area contributed by atoms with Crippen LogP contribution >= 0.6 is 15.9 Å². The van der Waals surface area contributed by atoms with E-state index >= 15 is 0 Å². The first-order valence-electron chi connectivity index (χ1n) is 36.9. The molecule has 0 aliphatic carbocycles. The zero-order valence-electron chi connectivity index (χ0n) is 67.9. The number of benzene rings is 9. The van der Waals surface area contributed by atoms with Gasteiger partial charge in [-0.05, 0) is 179 Å². The summed E-state index contributed by atoms with van der Waals surface area (Å²) in [5, 5.41) is 93.7. The zero-order valence-corrected chi connectivity index (χ0v) is 69.5. The number of hydrogen-bond donors (Lipinski definition) is 9. The molecule has 126 heavy (non-hydrogen) atoms. The maximum absolute atomic E-state index is 11.1. The molecular weight excluding hydrogens is 1670 g/mol. The van der Waals surface area contributed by atoms with E-state index in [2.05, 4.69) is 15.9 Å². The number of nitrogens with one attached hydrogen (secondary N) is 9. The van der Waals surface area contributed by atoms with Crippen LogP contribution in [0.3, 0.4) is 0 Å². The highest BCUT2D eigenvalue weighted by Gasteiger charge is 2.16. The van der Waals surface area contributed by atoms with Crippen LogP contribution in [-0.2, 0) is 49.6 Å². The minimum atomic E-state index is -0.473. The Morgan fingerprint density at radius 2 is 0.722 bits per heavy atom. The molecule has 2 heterocycles. The van der Waals surface area contributed by atoms with Crippen molar-refractivity contribution in [3.05, 3.63) is 339 Å². The number of ether oxygens (including phenoxy) is 3. The maximum atomic E-state index is 11.1. The summed E-state index contributed by atoms with van der Waals surface area (Å²) in [6.07, 6.45) is 40.0. The molecule has 9 aromatic rings. The number of nitrogens with zero attached hydrogens (tertiary/aromatic N) is 9. The van der Waals surface area contributed by atoms with Gasteiger partial charge in [0.05, 0.1) is 6.61 Å². The van der Waals surface area contributed by atoms with E-state index in [-0.39, 0.29) is 12.7 Å².